The summed E-state index contributed by atoms with van der Waals surface area (Å²) in [5, 5.41) is 9.32. The van der Waals surface area contributed by atoms with Crippen LogP contribution in [0.4, 0.5) is 0 Å². The molecule has 5 nitrogen and oxygen atoms in total. The second-order valence-corrected chi connectivity index (χ2v) is 5.79. The number of carboxylic acid groups (broad SMARTS) is 1. The normalized spacial score (nSPS) is 21.4. The summed E-state index contributed by atoms with van der Waals surface area (Å²) in [7, 11) is 0. The maximum absolute atomic E-state index is 12.3. The lowest BCUT2D eigenvalue weighted by Gasteiger charge is -2.31. The molecule has 0 radical (unpaired) electrons. The Kier molecular flexibility index (Phi) is 4.21. The first-order chi connectivity index (χ1) is 9.84. The Labute approximate surface area is 124 Å². The zero-order valence-electron chi connectivity index (χ0n) is 12.7. The summed E-state index contributed by atoms with van der Waals surface area (Å²) in [5.41, 5.74) is 0.984. The molecule has 0 spiro atoms. The number of aliphatic carboxylic acids is 1. The fourth-order valence-electron chi connectivity index (χ4n) is 2.76. The smallest absolute Gasteiger partial charge is 0.329 e. The molecule has 1 N–H and O–H groups in total. The Bertz CT molecular complexity index is 569. The van der Waals surface area contributed by atoms with E-state index >= 15 is 0 Å². The van der Waals surface area contributed by atoms with E-state index in [1.165, 1.54) is 4.90 Å². The summed E-state index contributed by atoms with van der Waals surface area (Å²) in [4.78, 5) is 25.0. The first-order valence-corrected chi connectivity index (χ1v) is 7.08. The SMILES string of the molecule is Cc1ccc(OCC(=O)N2CCCC2(C)C(=O)O)c(C)c1. The third kappa shape index (κ3) is 3.01. The molecule has 5 heteroatoms. The number of nitrogens with zero attached hydrogens (tertiary/aromatic N) is 1. The van der Waals surface area contributed by atoms with Crippen molar-refractivity contribution in [3.8, 4) is 5.75 Å². The van der Waals surface area contributed by atoms with Crippen LogP contribution in [-0.2, 0) is 9.59 Å². The van der Waals surface area contributed by atoms with E-state index in [2.05, 4.69) is 0 Å². The van der Waals surface area contributed by atoms with Crippen LogP contribution in [0.3, 0.4) is 0 Å². The molecule has 0 aliphatic carbocycles. The number of hydrogen-bond acceptors (Lipinski definition) is 3. The van der Waals surface area contributed by atoms with Crippen molar-refractivity contribution >= 4 is 11.9 Å². The summed E-state index contributed by atoms with van der Waals surface area (Å²) in [6.07, 6.45) is 1.19. The predicted octanol–water partition coefficient (Wildman–Crippen LogP) is 2.15. The molecule has 1 heterocycles. The molecule has 1 unspecified atom stereocenters. The van der Waals surface area contributed by atoms with E-state index in [9.17, 15) is 14.7 Å². The molecule has 114 valence electrons. The minimum absolute atomic E-state index is 0.132. The Morgan fingerprint density at radius 2 is 2.10 bits per heavy atom. The van der Waals surface area contributed by atoms with Gasteiger partial charge < -0.3 is 14.7 Å². The molecule has 1 fully saturated rings. The highest BCUT2D eigenvalue weighted by atomic mass is 16.5. The number of likely N-dealkylation sites (tertiary alicyclic amines) is 1. The third-order valence-corrected chi connectivity index (χ3v) is 4.08. The largest absolute Gasteiger partial charge is 0.483 e. The highest BCUT2D eigenvalue weighted by molar-refractivity contribution is 5.88. The van der Waals surface area contributed by atoms with Gasteiger partial charge in [0.15, 0.2) is 6.61 Å². The van der Waals surface area contributed by atoms with Gasteiger partial charge >= 0.3 is 5.97 Å². The number of carbonyl (C=O) groups is 2. The Morgan fingerprint density at radius 1 is 1.38 bits per heavy atom. The molecule has 0 bridgehead atoms. The van der Waals surface area contributed by atoms with Crippen molar-refractivity contribution in [2.45, 2.75) is 39.2 Å². The average molecular weight is 291 g/mol. The highest BCUT2D eigenvalue weighted by Gasteiger charge is 2.45. The van der Waals surface area contributed by atoms with Crippen LogP contribution in [0.2, 0.25) is 0 Å². The topological polar surface area (TPSA) is 66.8 Å². The van der Waals surface area contributed by atoms with Crippen LogP contribution in [0.25, 0.3) is 0 Å². The van der Waals surface area contributed by atoms with Crippen LogP contribution in [0.1, 0.15) is 30.9 Å². The molecule has 1 aromatic rings. The minimum Gasteiger partial charge on any atom is -0.483 e. The van der Waals surface area contributed by atoms with Gasteiger partial charge in [0.25, 0.3) is 5.91 Å². The van der Waals surface area contributed by atoms with Crippen molar-refractivity contribution in [3.05, 3.63) is 29.3 Å². The van der Waals surface area contributed by atoms with Gasteiger partial charge in [-0.2, -0.15) is 0 Å². The monoisotopic (exact) mass is 291 g/mol. The quantitative estimate of drug-likeness (QED) is 0.923. The molecule has 0 saturated carbocycles. The van der Waals surface area contributed by atoms with Crippen LogP contribution in [-0.4, -0.2) is 40.6 Å². The first kappa shape index (κ1) is 15.4. The van der Waals surface area contributed by atoms with Crippen molar-refractivity contribution in [2.24, 2.45) is 0 Å². The zero-order valence-corrected chi connectivity index (χ0v) is 12.7. The van der Waals surface area contributed by atoms with E-state index in [0.717, 1.165) is 11.1 Å². The second kappa shape index (κ2) is 5.76. The summed E-state index contributed by atoms with van der Waals surface area (Å²) >= 11 is 0. The van der Waals surface area contributed by atoms with Gasteiger partial charge in [-0.05, 0) is 45.2 Å². The van der Waals surface area contributed by atoms with E-state index < -0.39 is 11.5 Å². The van der Waals surface area contributed by atoms with Crippen molar-refractivity contribution in [2.75, 3.05) is 13.2 Å². The third-order valence-electron chi connectivity index (χ3n) is 4.08. The number of rotatable bonds is 4. The van der Waals surface area contributed by atoms with Crippen molar-refractivity contribution in [3.63, 3.8) is 0 Å². The van der Waals surface area contributed by atoms with Gasteiger partial charge in [-0.25, -0.2) is 4.79 Å². The molecular weight excluding hydrogens is 270 g/mol. The van der Waals surface area contributed by atoms with Gasteiger partial charge in [-0.3, -0.25) is 4.79 Å². The first-order valence-electron chi connectivity index (χ1n) is 7.08. The van der Waals surface area contributed by atoms with Crippen molar-refractivity contribution in [1.82, 2.24) is 4.90 Å². The number of carbonyl (C=O) groups excluding carboxylic acids is 1. The second-order valence-electron chi connectivity index (χ2n) is 5.79. The predicted molar refractivity (Wildman–Crippen MR) is 78.4 cm³/mol. The van der Waals surface area contributed by atoms with Gasteiger partial charge in [0, 0.05) is 6.54 Å². The molecule has 1 saturated heterocycles. The van der Waals surface area contributed by atoms with E-state index in [1.807, 2.05) is 32.0 Å². The van der Waals surface area contributed by atoms with Gasteiger partial charge in [-0.1, -0.05) is 17.7 Å². The lowest BCUT2D eigenvalue weighted by atomic mass is 9.99. The molecule has 1 aliphatic rings. The number of carboxylic acids is 1. The maximum atomic E-state index is 12.3. The van der Waals surface area contributed by atoms with Crippen LogP contribution >= 0.6 is 0 Å². The molecule has 2 rings (SSSR count). The number of hydrogen-bond donors (Lipinski definition) is 1. The van der Waals surface area contributed by atoms with Crippen LogP contribution in [0.5, 0.6) is 5.75 Å². The standard InChI is InChI=1S/C16H21NO4/c1-11-5-6-13(12(2)9-11)21-10-14(18)17-8-4-7-16(17,3)15(19)20/h5-6,9H,4,7-8,10H2,1-3H3,(H,19,20). The number of aryl methyl sites for hydroxylation is 2. The van der Waals surface area contributed by atoms with Gasteiger partial charge in [0.2, 0.25) is 0 Å². The highest BCUT2D eigenvalue weighted by Crippen LogP contribution is 2.29. The minimum atomic E-state index is -1.11. The average Bonchev–Trinajstić information content (AvgIpc) is 2.81. The number of ether oxygens (including phenoxy) is 1. The maximum Gasteiger partial charge on any atom is 0.329 e. The lowest BCUT2D eigenvalue weighted by molar-refractivity contribution is -0.156. The summed E-state index contributed by atoms with van der Waals surface area (Å²) in [5.74, 6) is -0.581. The summed E-state index contributed by atoms with van der Waals surface area (Å²) in [6.45, 7) is 5.84. The number of benzene rings is 1. The summed E-state index contributed by atoms with van der Waals surface area (Å²) < 4.78 is 5.55. The van der Waals surface area contributed by atoms with E-state index in [4.69, 9.17) is 4.74 Å². The molecule has 0 aromatic heterocycles. The summed E-state index contributed by atoms with van der Waals surface area (Å²) in [6, 6.07) is 5.74. The fraction of sp³-hybridized carbons (Fsp3) is 0.500. The fourth-order valence-corrected chi connectivity index (χ4v) is 2.76. The van der Waals surface area contributed by atoms with Crippen LogP contribution in [0.15, 0.2) is 18.2 Å². The lowest BCUT2D eigenvalue weighted by Crippen LogP contribution is -2.52. The molecule has 21 heavy (non-hydrogen) atoms. The van der Waals surface area contributed by atoms with Crippen molar-refractivity contribution in [1.29, 1.82) is 0 Å². The van der Waals surface area contributed by atoms with Gasteiger partial charge in [0.05, 0.1) is 0 Å². The van der Waals surface area contributed by atoms with Gasteiger partial charge in [-0.15, -0.1) is 0 Å². The van der Waals surface area contributed by atoms with E-state index in [1.54, 1.807) is 6.92 Å². The molecule has 1 atom stereocenters. The molecular formula is C16H21NO4. The van der Waals surface area contributed by atoms with Crippen molar-refractivity contribution < 1.29 is 19.4 Å². The molecule has 1 aromatic carbocycles. The van der Waals surface area contributed by atoms with E-state index in [-0.39, 0.29) is 12.5 Å². The molecule has 1 amide bonds. The molecule has 1 aliphatic heterocycles. The van der Waals surface area contributed by atoms with Gasteiger partial charge in [0.1, 0.15) is 11.3 Å². The van der Waals surface area contributed by atoms with Crippen LogP contribution < -0.4 is 4.74 Å². The van der Waals surface area contributed by atoms with Crippen LogP contribution in [0, 0.1) is 13.8 Å². The Morgan fingerprint density at radius 3 is 2.71 bits per heavy atom. The Hall–Kier alpha value is -2.04. The van der Waals surface area contributed by atoms with E-state index in [0.29, 0.717) is 25.1 Å². The Balaban J connectivity index is 2.03. The number of amides is 1. The zero-order chi connectivity index (χ0) is 15.6.